The Morgan fingerprint density at radius 3 is 2.43 bits per heavy atom. The monoisotopic (exact) mass is 392 g/mol. The SMILES string of the molecule is O=C(NCc1ccc(F)cc1)C1(O)CCCN(Cc2ccc(F)c(F)c2)C1=O. The van der Waals surface area contributed by atoms with Gasteiger partial charge in [-0.3, -0.25) is 9.59 Å². The summed E-state index contributed by atoms with van der Waals surface area (Å²) < 4.78 is 39.4. The molecule has 148 valence electrons. The molecule has 0 saturated carbocycles. The topological polar surface area (TPSA) is 69.6 Å². The van der Waals surface area contributed by atoms with Crippen LogP contribution in [0.1, 0.15) is 24.0 Å². The molecule has 0 bridgehead atoms. The van der Waals surface area contributed by atoms with Crippen LogP contribution in [-0.4, -0.2) is 34.0 Å². The Bertz CT molecular complexity index is 889. The molecule has 1 aliphatic rings. The molecule has 0 aliphatic carbocycles. The average Bonchev–Trinajstić information content (AvgIpc) is 2.67. The van der Waals surface area contributed by atoms with Gasteiger partial charge in [-0.1, -0.05) is 18.2 Å². The van der Waals surface area contributed by atoms with E-state index in [4.69, 9.17) is 0 Å². The van der Waals surface area contributed by atoms with E-state index in [9.17, 15) is 27.9 Å². The van der Waals surface area contributed by atoms with Crippen LogP contribution in [0.4, 0.5) is 13.2 Å². The number of hydrogen-bond donors (Lipinski definition) is 2. The minimum atomic E-state index is -2.24. The van der Waals surface area contributed by atoms with E-state index in [0.29, 0.717) is 17.5 Å². The predicted octanol–water partition coefficient (Wildman–Crippen LogP) is 2.27. The molecule has 1 atom stereocenters. The molecule has 1 unspecified atom stereocenters. The van der Waals surface area contributed by atoms with Crippen molar-refractivity contribution < 1.29 is 27.9 Å². The van der Waals surface area contributed by atoms with E-state index in [0.717, 1.165) is 12.1 Å². The van der Waals surface area contributed by atoms with Crippen molar-refractivity contribution in [3.8, 4) is 0 Å². The van der Waals surface area contributed by atoms with Crippen LogP contribution in [-0.2, 0) is 22.7 Å². The molecule has 8 heteroatoms. The van der Waals surface area contributed by atoms with Crippen molar-refractivity contribution in [1.29, 1.82) is 0 Å². The number of aliphatic hydroxyl groups is 1. The number of likely N-dealkylation sites (tertiary alicyclic amines) is 1. The van der Waals surface area contributed by atoms with Gasteiger partial charge in [0.1, 0.15) is 5.82 Å². The number of nitrogens with one attached hydrogen (secondary N) is 1. The summed E-state index contributed by atoms with van der Waals surface area (Å²) in [5, 5.41) is 13.2. The van der Waals surface area contributed by atoms with Crippen LogP contribution in [0.5, 0.6) is 0 Å². The Kier molecular flexibility index (Phi) is 5.69. The fourth-order valence-corrected chi connectivity index (χ4v) is 3.15. The van der Waals surface area contributed by atoms with E-state index in [1.807, 2.05) is 0 Å². The highest BCUT2D eigenvalue weighted by Crippen LogP contribution is 2.25. The van der Waals surface area contributed by atoms with Crippen molar-refractivity contribution in [1.82, 2.24) is 10.2 Å². The third-order valence-corrected chi connectivity index (χ3v) is 4.71. The highest BCUT2D eigenvalue weighted by Gasteiger charge is 2.48. The summed E-state index contributed by atoms with van der Waals surface area (Å²) in [5.74, 6) is -4.08. The molecule has 1 aliphatic heterocycles. The standard InChI is InChI=1S/C20H19F3N2O3/c21-15-5-2-13(3-6-15)11-24-18(26)20(28)8-1-9-25(19(20)27)12-14-4-7-16(22)17(23)10-14/h2-7,10,28H,1,8-9,11-12H2,(H,24,26). The molecule has 1 heterocycles. The van der Waals surface area contributed by atoms with Crippen molar-refractivity contribution in [2.75, 3.05) is 6.54 Å². The largest absolute Gasteiger partial charge is 0.372 e. The smallest absolute Gasteiger partial charge is 0.264 e. The molecular weight excluding hydrogens is 373 g/mol. The zero-order chi connectivity index (χ0) is 20.3. The lowest BCUT2D eigenvalue weighted by Crippen LogP contribution is -2.60. The fraction of sp³-hybridized carbons (Fsp3) is 0.300. The summed E-state index contributed by atoms with van der Waals surface area (Å²) >= 11 is 0. The lowest BCUT2D eigenvalue weighted by Gasteiger charge is -2.37. The second-order valence-corrected chi connectivity index (χ2v) is 6.75. The Morgan fingerprint density at radius 1 is 1.07 bits per heavy atom. The highest BCUT2D eigenvalue weighted by atomic mass is 19.2. The number of amides is 2. The third kappa shape index (κ3) is 4.17. The van der Waals surface area contributed by atoms with Crippen LogP contribution in [0.25, 0.3) is 0 Å². The summed E-state index contributed by atoms with van der Waals surface area (Å²) in [5.41, 5.74) is -1.28. The van der Waals surface area contributed by atoms with Crippen LogP contribution in [0.3, 0.4) is 0 Å². The number of carbonyl (C=O) groups excluding carboxylic acids is 2. The highest BCUT2D eigenvalue weighted by molar-refractivity contribution is 6.08. The van der Waals surface area contributed by atoms with Crippen LogP contribution in [0.15, 0.2) is 42.5 Å². The number of carbonyl (C=O) groups is 2. The summed E-state index contributed by atoms with van der Waals surface area (Å²) in [7, 11) is 0. The van der Waals surface area contributed by atoms with E-state index in [-0.39, 0.29) is 26.1 Å². The molecule has 28 heavy (non-hydrogen) atoms. The zero-order valence-corrected chi connectivity index (χ0v) is 14.9. The minimum Gasteiger partial charge on any atom is -0.372 e. The second-order valence-electron chi connectivity index (χ2n) is 6.75. The van der Waals surface area contributed by atoms with Crippen LogP contribution >= 0.6 is 0 Å². The quantitative estimate of drug-likeness (QED) is 0.767. The number of rotatable bonds is 5. The molecule has 3 rings (SSSR count). The molecule has 0 aromatic heterocycles. The van der Waals surface area contributed by atoms with E-state index >= 15 is 0 Å². The number of benzene rings is 2. The number of nitrogens with zero attached hydrogens (tertiary/aromatic N) is 1. The maximum Gasteiger partial charge on any atom is 0.264 e. The van der Waals surface area contributed by atoms with E-state index in [1.54, 1.807) is 0 Å². The summed E-state index contributed by atoms with van der Waals surface area (Å²) in [4.78, 5) is 26.4. The van der Waals surface area contributed by atoms with Crippen LogP contribution in [0, 0.1) is 17.5 Å². The summed E-state index contributed by atoms with van der Waals surface area (Å²) in [6.07, 6.45) is 0.325. The predicted molar refractivity (Wildman–Crippen MR) is 94.2 cm³/mol. The maximum absolute atomic E-state index is 13.4. The van der Waals surface area contributed by atoms with Gasteiger partial charge < -0.3 is 15.3 Å². The van der Waals surface area contributed by atoms with Crippen LogP contribution in [0.2, 0.25) is 0 Å². The van der Waals surface area contributed by atoms with Gasteiger partial charge in [0.05, 0.1) is 0 Å². The van der Waals surface area contributed by atoms with Gasteiger partial charge in [0, 0.05) is 19.6 Å². The van der Waals surface area contributed by atoms with Crippen molar-refractivity contribution >= 4 is 11.8 Å². The molecule has 2 N–H and O–H groups in total. The lowest BCUT2D eigenvalue weighted by atomic mass is 9.90. The van der Waals surface area contributed by atoms with E-state index < -0.39 is 34.9 Å². The average molecular weight is 392 g/mol. The lowest BCUT2D eigenvalue weighted by molar-refractivity contribution is -0.166. The molecule has 0 spiro atoms. The van der Waals surface area contributed by atoms with Gasteiger partial charge in [-0.2, -0.15) is 0 Å². The molecule has 0 radical (unpaired) electrons. The van der Waals surface area contributed by atoms with Crippen molar-refractivity contribution in [3.63, 3.8) is 0 Å². The number of halogens is 3. The van der Waals surface area contributed by atoms with Gasteiger partial charge >= 0.3 is 0 Å². The Balaban J connectivity index is 1.67. The first-order valence-corrected chi connectivity index (χ1v) is 8.78. The molecule has 5 nitrogen and oxygen atoms in total. The molecular formula is C20H19F3N2O3. The molecule has 2 amide bonds. The Morgan fingerprint density at radius 2 is 1.75 bits per heavy atom. The Hall–Kier alpha value is -2.87. The normalized spacial score (nSPS) is 19.6. The Labute approximate surface area is 159 Å². The summed E-state index contributed by atoms with van der Waals surface area (Å²) in [6, 6.07) is 8.73. The summed E-state index contributed by atoms with van der Waals surface area (Å²) in [6.45, 7) is 0.257. The first kappa shape index (κ1) is 19.9. The van der Waals surface area contributed by atoms with Crippen molar-refractivity contribution in [3.05, 3.63) is 71.0 Å². The van der Waals surface area contributed by atoms with Gasteiger partial charge in [-0.25, -0.2) is 13.2 Å². The van der Waals surface area contributed by atoms with Gasteiger partial charge in [-0.15, -0.1) is 0 Å². The van der Waals surface area contributed by atoms with Crippen molar-refractivity contribution in [2.24, 2.45) is 0 Å². The first-order valence-electron chi connectivity index (χ1n) is 8.78. The zero-order valence-electron chi connectivity index (χ0n) is 14.9. The molecule has 2 aromatic rings. The van der Waals surface area contributed by atoms with Crippen LogP contribution < -0.4 is 5.32 Å². The molecule has 1 saturated heterocycles. The van der Waals surface area contributed by atoms with Gasteiger partial charge in [0.2, 0.25) is 5.60 Å². The van der Waals surface area contributed by atoms with Gasteiger partial charge in [-0.05, 0) is 48.2 Å². The second kappa shape index (κ2) is 8.02. The van der Waals surface area contributed by atoms with Crippen molar-refractivity contribution in [2.45, 2.75) is 31.5 Å². The first-order chi connectivity index (χ1) is 13.3. The number of piperidine rings is 1. The maximum atomic E-state index is 13.4. The molecule has 1 fully saturated rings. The van der Waals surface area contributed by atoms with Gasteiger partial charge in [0.25, 0.3) is 11.8 Å². The number of hydrogen-bond acceptors (Lipinski definition) is 3. The third-order valence-electron chi connectivity index (χ3n) is 4.71. The molecule has 2 aromatic carbocycles. The van der Waals surface area contributed by atoms with E-state index in [2.05, 4.69) is 5.32 Å². The minimum absolute atomic E-state index is 0.0257. The fourth-order valence-electron chi connectivity index (χ4n) is 3.15. The van der Waals surface area contributed by atoms with Gasteiger partial charge in [0.15, 0.2) is 11.6 Å². The van der Waals surface area contributed by atoms with E-state index in [1.165, 1.54) is 35.2 Å².